The number of benzene rings is 1. The standard InChI is InChI=1S/C17H23N3/c1-13-11-20(2)12-16(13)18-10-8-15-6-3-5-14-7-4-9-19-17(14)15/h3-7,9,13,16,18H,8,10-12H2,1-2H3/t13-,16-/m0/s1. The van der Waals surface area contributed by atoms with Crippen molar-refractivity contribution in [3.05, 3.63) is 42.1 Å². The molecule has 1 saturated heterocycles. The number of rotatable bonds is 4. The van der Waals surface area contributed by atoms with E-state index in [2.05, 4.69) is 53.4 Å². The molecule has 0 bridgehead atoms. The highest BCUT2D eigenvalue weighted by Crippen LogP contribution is 2.17. The Bertz CT molecular complexity index is 576. The monoisotopic (exact) mass is 269 g/mol. The van der Waals surface area contributed by atoms with Gasteiger partial charge in [-0.25, -0.2) is 0 Å². The van der Waals surface area contributed by atoms with E-state index >= 15 is 0 Å². The number of hydrogen-bond acceptors (Lipinski definition) is 3. The molecule has 106 valence electrons. The predicted molar refractivity (Wildman–Crippen MR) is 83.9 cm³/mol. The maximum Gasteiger partial charge on any atom is 0.0734 e. The molecule has 1 fully saturated rings. The molecule has 2 atom stereocenters. The summed E-state index contributed by atoms with van der Waals surface area (Å²) in [4.78, 5) is 6.93. The zero-order chi connectivity index (χ0) is 13.9. The van der Waals surface area contributed by atoms with E-state index in [1.54, 1.807) is 0 Å². The van der Waals surface area contributed by atoms with Crippen molar-refractivity contribution >= 4 is 10.9 Å². The van der Waals surface area contributed by atoms with Crippen LogP contribution in [0.5, 0.6) is 0 Å². The van der Waals surface area contributed by atoms with Gasteiger partial charge < -0.3 is 10.2 Å². The number of fused-ring (bicyclic) bond motifs is 1. The lowest BCUT2D eigenvalue weighted by Crippen LogP contribution is -2.36. The van der Waals surface area contributed by atoms with Gasteiger partial charge in [-0.05, 0) is 37.6 Å². The van der Waals surface area contributed by atoms with Crippen LogP contribution < -0.4 is 5.32 Å². The lowest BCUT2D eigenvalue weighted by Gasteiger charge is -2.16. The van der Waals surface area contributed by atoms with Gasteiger partial charge in [0.15, 0.2) is 0 Å². The third-order valence-corrected chi connectivity index (χ3v) is 4.31. The number of aromatic nitrogens is 1. The van der Waals surface area contributed by atoms with Gasteiger partial charge in [-0.1, -0.05) is 31.2 Å². The first kappa shape index (κ1) is 13.5. The van der Waals surface area contributed by atoms with Crippen LogP contribution >= 0.6 is 0 Å². The Morgan fingerprint density at radius 2 is 2.10 bits per heavy atom. The van der Waals surface area contributed by atoms with Gasteiger partial charge in [0.2, 0.25) is 0 Å². The summed E-state index contributed by atoms with van der Waals surface area (Å²) >= 11 is 0. The van der Waals surface area contributed by atoms with E-state index in [-0.39, 0.29) is 0 Å². The van der Waals surface area contributed by atoms with Crippen molar-refractivity contribution in [3.8, 4) is 0 Å². The smallest absolute Gasteiger partial charge is 0.0734 e. The van der Waals surface area contributed by atoms with E-state index in [9.17, 15) is 0 Å². The zero-order valence-corrected chi connectivity index (χ0v) is 12.3. The second-order valence-electron chi connectivity index (χ2n) is 6.00. The van der Waals surface area contributed by atoms with Crippen molar-refractivity contribution in [2.24, 2.45) is 5.92 Å². The maximum absolute atomic E-state index is 4.52. The highest BCUT2D eigenvalue weighted by atomic mass is 15.2. The number of likely N-dealkylation sites (tertiary alicyclic amines) is 1. The van der Waals surface area contributed by atoms with Gasteiger partial charge in [-0.3, -0.25) is 4.98 Å². The summed E-state index contributed by atoms with van der Waals surface area (Å²) in [6.07, 6.45) is 2.93. The molecular formula is C17H23N3. The number of pyridine rings is 1. The normalized spacial score (nSPS) is 23.5. The summed E-state index contributed by atoms with van der Waals surface area (Å²) in [6.45, 7) is 5.72. The van der Waals surface area contributed by atoms with Gasteiger partial charge >= 0.3 is 0 Å². The number of nitrogens with zero attached hydrogens (tertiary/aromatic N) is 2. The first-order valence-electron chi connectivity index (χ1n) is 7.48. The highest BCUT2D eigenvalue weighted by molar-refractivity contribution is 5.81. The predicted octanol–water partition coefficient (Wildman–Crippen LogP) is 2.32. The maximum atomic E-state index is 4.52. The SMILES string of the molecule is C[C@H]1CN(C)C[C@@H]1NCCc1cccc2cccnc12. The van der Waals surface area contributed by atoms with Gasteiger partial charge in [0.05, 0.1) is 5.52 Å². The Hall–Kier alpha value is -1.45. The van der Waals surface area contributed by atoms with Gasteiger partial charge in [-0.2, -0.15) is 0 Å². The fourth-order valence-corrected chi connectivity index (χ4v) is 3.24. The summed E-state index contributed by atoms with van der Waals surface area (Å²) in [5, 5.41) is 4.94. The first-order valence-corrected chi connectivity index (χ1v) is 7.48. The highest BCUT2D eigenvalue weighted by Gasteiger charge is 2.26. The van der Waals surface area contributed by atoms with Crippen molar-refractivity contribution < 1.29 is 0 Å². The minimum atomic E-state index is 0.628. The van der Waals surface area contributed by atoms with Gasteiger partial charge in [-0.15, -0.1) is 0 Å². The van der Waals surface area contributed by atoms with E-state index in [1.807, 2.05) is 12.3 Å². The lowest BCUT2D eigenvalue weighted by molar-refractivity contribution is 0.396. The topological polar surface area (TPSA) is 28.2 Å². The average Bonchev–Trinajstić information content (AvgIpc) is 2.77. The molecular weight excluding hydrogens is 246 g/mol. The molecule has 1 N–H and O–H groups in total. The molecule has 0 amide bonds. The second-order valence-corrected chi connectivity index (χ2v) is 6.00. The zero-order valence-electron chi connectivity index (χ0n) is 12.3. The Kier molecular flexibility index (Phi) is 3.99. The van der Waals surface area contributed by atoms with Crippen LogP contribution in [0.15, 0.2) is 36.5 Å². The fraction of sp³-hybridized carbons (Fsp3) is 0.471. The number of para-hydroxylation sites is 1. The molecule has 2 heterocycles. The number of nitrogens with one attached hydrogen (secondary N) is 1. The minimum Gasteiger partial charge on any atom is -0.312 e. The molecule has 2 aromatic rings. The summed E-state index contributed by atoms with van der Waals surface area (Å²) in [7, 11) is 2.20. The molecule has 1 aliphatic rings. The van der Waals surface area contributed by atoms with Crippen LogP contribution in [0.1, 0.15) is 12.5 Å². The average molecular weight is 269 g/mol. The van der Waals surface area contributed by atoms with Crippen LogP contribution in [0.2, 0.25) is 0 Å². The molecule has 0 aliphatic carbocycles. The van der Waals surface area contributed by atoms with Crippen LogP contribution in [0.4, 0.5) is 0 Å². The quantitative estimate of drug-likeness (QED) is 0.923. The third-order valence-electron chi connectivity index (χ3n) is 4.31. The molecule has 3 nitrogen and oxygen atoms in total. The molecule has 1 aromatic heterocycles. The van der Waals surface area contributed by atoms with E-state index < -0.39 is 0 Å². The molecule has 3 rings (SSSR count). The van der Waals surface area contributed by atoms with Crippen LogP contribution in [-0.2, 0) is 6.42 Å². The molecule has 1 aliphatic heterocycles. The Morgan fingerprint density at radius 1 is 1.25 bits per heavy atom. The summed E-state index contributed by atoms with van der Waals surface area (Å²) < 4.78 is 0. The second kappa shape index (κ2) is 5.90. The van der Waals surface area contributed by atoms with Crippen molar-refractivity contribution in [3.63, 3.8) is 0 Å². The van der Waals surface area contributed by atoms with Gasteiger partial charge in [0.1, 0.15) is 0 Å². The van der Waals surface area contributed by atoms with E-state index in [0.717, 1.165) is 30.9 Å². The van der Waals surface area contributed by atoms with Crippen LogP contribution in [0.3, 0.4) is 0 Å². The van der Waals surface area contributed by atoms with Crippen LogP contribution in [0, 0.1) is 5.92 Å². The molecule has 0 unspecified atom stereocenters. The van der Waals surface area contributed by atoms with Crippen LogP contribution in [-0.4, -0.2) is 42.6 Å². The molecule has 1 aromatic carbocycles. The van der Waals surface area contributed by atoms with Gasteiger partial charge in [0.25, 0.3) is 0 Å². The van der Waals surface area contributed by atoms with E-state index in [4.69, 9.17) is 0 Å². The van der Waals surface area contributed by atoms with Crippen molar-refractivity contribution in [2.75, 3.05) is 26.7 Å². The Balaban J connectivity index is 1.63. The van der Waals surface area contributed by atoms with Gasteiger partial charge in [0, 0.05) is 30.7 Å². The molecule has 20 heavy (non-hydrogen) atoms. The summed E-state index contributed by atoms with van der Waals surface area (Å²) in [5.74, 6) is 0.741. The van der Waals surface area contributed by atoms with Crippen molar-refractivity contribution in [1.29, 1.82) is 0 Å². The fourth-order valence-electron chi connectivity index (χ4n) is 3.24. The largest absolute Gasteiger partial charge is 0.312 e. The minimum absolute atomic E-state index is 0.628. The number of hydrogen-bond donors (Lipinski definition) is 1. The van der Waals surface area contributed by atoms with E-state index in [1.165, 1.54) is 17.5 Å². The third kappa shape index (κ3) is 2.84. The lowest BCUT2D eigenvalue weighted by atomic mass is 10.0. The number of likely N-dealkylation sites (N-methyl/N-ethyl adjacent to an activating group) is 1. The van der Waals surface area contributed by atoms with Crippen molar-refractivity contribution in [2.45, 2.75) is 19.4 Å². The molecule has 0 spiro atoms. The molecule has 0 saturated carbocycles. The summed E-state index contributed by atoms with van der Waals surface area (Å²) in [5.41, 5.74) is 2.49. The Labute approximate surface area is 121 Å². The molecule has 0 radical (unpaired) electrons. The molecule has 3 heteroatoms. The van der Waals surface area contributed by atoms with Crippen molar-refractivity contribution in [1.82, 2.24) is 15.2 Å². The Morgan fingerprint density at radius 3 is 2.90 bits per heavy atom. The first-order chi connectivity index (χ1) is 9.74. The summed E-state index contributed by atoms with van der Waals surface area (Å²) in [6, 6.07) is 11.2. The van der Waals surface area contributed by atoms with Crippen LogP contribution in [0.25, 0.3) is 10.9 Å². The van der Waals surface area contributed by atoms with E-state index in [0.29, 0.717) is 6.04 Å².